The molecule has 0 aliphatic heterocycles. The van der Waals surface area contributed by atoms with Gasteiger partial charge in [-0.05, 0) is 34.7 Å². The number of furan rings is 1. The van der Waals surface area contributed by atoms with Gasteiger partial charge in [-0.1, -0.05) is 0 Å². The molecule has 19 heavy (non-hydrogen) atoms. The van der Waals surface area contributed by atoms with Crippen LogP contribution in [0.25, 0.3) is 11.3 Å². The number of halogens is 1. The highest BCUT2D eigenvalue weighted by molar-refractivity contribution is 14.1. The summed E-state index contributed by atoms with van der Waals surface area (Å²) in [5.74, 6) is -0.187. The number of ether oxygens (including phenoxy) is 1. The van der Waals surface area contributed by atoms with E-state index in [2.05, 4.69) is 4.74 Å². The molecule has 0 unspecified atom stereocenters. The summed E-state index contributed by atoms with van der Waals surface area (Å²) >= 11 is 1.92. The highest BCUT2D eigenvalue weighted by Crippen LogP contribution is 2.33. The van der Waals surface area contributed by atoms with Crippen molar-refractivity contribution in [1.82, 2.24) is 0 Å². The summed E-state index contributed by atoms with van der Waals surface area (Å²) in [5, 5.41) is 10.8. The van der Waals surface area contributed by atoms with Crippen LogP contribution in [0, 0.1) is 13.7 Å². The van der Waals surface area contributed by atoms with Crippen molar-refractivity contribution in [1.29, 1.82) is 0 Å². The first-order valence-electron chi connectivity index (χ1n) is 5.14. The van der Waals surface area contributed by atoms with Crippen molar-refractivity contribution >= 4 is 34.2 Å². The summed E-state index contributed by atoms with van der Waals surface area (Å²) in [7, 11) is 1.22. The van der Waals surface area contributed by atoms with Gasteiger partial charge in [0.05, 0.1) is 23.9 Å². The Balaban J connectivity index is 2.71. The van der Waals surface area contributed by atoms with Crippen LogP contribution in [0.3, 0.4) is 0 Å². The summed E-state index contributed by atoms with van der Waals surface area (Å²) in [5.41, 5.74) is 0.430. The lowest BCUT2D eigenvalue weighted by Crippen LogP contribution is -2.06. The fraction of sp³-hybridized carbons (Fsp3) is 0.0833. The normalized spacial score (nSPS) is 10.2. The van der Waals surface area contributed by atoms with Gasteiger partial charge in [0.2, 0.25) is 0 Å². The first-order valence-corrected chi connectivity index (χ1v) is 6.22. The lowest BCUT2D eigenvalue weighted by atomic mass is 10.0. The van der Waals surface area contributed by atoms with E-state index in [4.69, 9.17) is 4.42 Å². The molecule has 2 aromatic rings. The van der Waals surface area contributed by atoms with Crippen molar-refractivity contribution in [2.24, 2.45) is 0 Å². The van der Waals surface area contributed by atoms with Crippen LogP contribution in [0.5, 0.6) is 0 Å². The zero-order valence-corrected chi connectivity index (χ0v) is 11.9. The maximum atomic E-state index is 11.8. The number of nitro groups is 1. The smallest absolute Gasteiger partial charge is 0.338 e. The minimum absolute atomic E-state index is 0.107. The lowest BCUT2D eigenvalue weighted by molar-refractivity contribution is -0.385. The number of carbonyl (C=O) groups excluding carboxylic acids is 1. The average molecular weight is 373 g/mol. The fourth-order valence-corrected chi connectivity index (χ4v) is 2.52. The van der Waals surface area contributed by atoms with Gasteiger partial charge in [0, 0.05) is 21.3 Å². The molecule has 0 spiro atoms. The standard InChI is InChI=1S/C12H8INO5/c1-18-12(15)8-5-7(14(16)17)6-9(13)11(8)10-3-2-4-19-10/h2-6H,1H3. The number of methoxy groups -OCH3 is 1. The van der Waals surface area contributed by atoms with Crippen LogP contribution in [0.15, 0.2) is 34.9 Å². The Morgan fingerprint density at radius 3 is 2.74 bits per heavy atom. The van der Waals surface area contributed by atoms with Crippen molar-refractivity contribution in [2.75, 3.05) is 7.11 Å². The molecule has 98 valence electrons. The van der Waals surface area contributed by atoms with E-state index < -0.39 is 10.9 Å². The maximum absolute atomic E-state index is 11.8. The van der Waals surface area contributed by atoms with E-state index in [1.54, 1.807) is 12.1 Å². The molecule has 1 aromatic heterocycles. The number of esters is 1. The van der Waals surface area contributed by atoms with Gasteiger partial charge < -0.3 is 9.15 Å². The first-order chi connectivity index (χ1) is 9.04. The molecule has 7 heteroatoms. The van der Waals surface area contributed by atoms with Crippen LogP contribution >= 0.6 is 22.6 Å². The average Bonchev–Trinajstić information content (AvgIpc) is 2.90. The molecule has 2 rings (SSSR count). The number of carbonyl (C=O) groups is 1. The number of hydrogen-bond donors (Lipinski definition) is 0. The van der Waals surface area contributed by atoms with E-state index in [9.17, 15) is 14.9 Å². The number of non-ortho nitro benzene ring substituents is 1. The predicted octanol–water partition coefficient (Wildman–Crippen LogP) is 3.25. The Bertz CT molecular complexity index is 636. The molecule has 0 aliphatic rings. The zero-order chi connectivity index (χ0) is 14.0. The fourth-order valence-electron chi connectivity index (χ4n) is 1.64. The summed E-state index contributed by atoms with van der Waals surface area (Å²) in [4.78, 5) is 22.1. The Labute approximate surface area is 121 Å². The SMILES string of the molecule is COC(=O)c1cc([N+](=O)[O-])cc(I)c1-c1ccco1. The molecule has 0 fully saturated rings. The summed E-state index contributed by atoms with van der Waals surface area (Å²) < 4.78 is 10.5. The largest absolute Gasteiger partial charge is 0.465 e. The van der Waals surface area contributed by atoms with Crippen molar-refractivity contribution in [3.63, 3.8) is 0 Å². The predicted molar refractivity (Wildman–Crippen MR) is 74.9 cm³/mol. The molecule has 0 radical (unpaired) electrons. The second-order valence-corrected chi connectivity index (χ2v) is 4.74. The van der Waals surface area contributed by atoms with Crippen molar-refractivity contribution in [3.05, 3.63) is 49.8 Å². The minimum Gasteiger partial charge on any atom is -0.465 e. The molecule has 0 saturated carbocycles. The molecule has 0 bridgehead atoms. The van der Waals surface area contributed by atoms with Crippen molar-refractivity contribution in [2.45, 2.75) is 0 Å². The van der Waals surface area contributed by atoms with Gasteiger partial charge in [-0.3, -0.25) is 10.1 Å². The molecular weight excluding hydrogens is 365 g/mol. The Hall–Kier alpha value is -1.90. The van der Waals surface area contributed by atoms with Crippen LogP contribution in [0.4, 0.5) is 5.69 Å². The highest BCUT2D eigenvalue weighted by Gasteiger charge is 2.23. The first kappa shape index (κ1) is 13.5. The second-order valence-electron chi connectivity index (χ2n) is 3.58. The van der Waals surface area contributed by atoms with Gasteiger partial charge in [0.25, 0.3) is 5.69 Å². The van der Waals surface area contributed by atoms with E-state index in [-0.39, 0.29) is 11.3 Å². The summed E-state index contributed by atoms with van der Waals surface area (Å²) in [6.45, 7) is 0. The third kappa shape index (κ3) is 2.60. The van der Waals surface area contributed by atoms with E-state index in [0.717, 1.165) is 0 Å². The van der Waals surface area contributed by atoms with Gasteiger partial charge in [-0.15, -0.1) is 0 Å². The Morgan fingerprint density at radius 2 is 2.21 bits per heavy atom. The van der Waals surface area contributed by atoms with Gasteiger partial charge >= 0.3 is 5.97 Å². The molecule has 6 nitrogen and oxygen atoms in total. The monoisotopic (exact) mass is 373 g/mol. The minimum atomic E-state index is -0.645. The van der Waals surface area contributed by atoms with Gasteiger partial charge in [-0.25, -0.2) is 4.79 Å². The molecule has 0 amide bonds. The molecule has 1 heterocycles. The van der Waals surface area contributed by atoms with Crippen LogP contribution in [-0.2, 0) is 4.74 Å². The van der Waals surface area contributed by atoms with Crippen molar-refractivity contribution in [3.8, 4) is 11.3 Å². The summed E-state index contributed by atoms with van der Waals surface area (Å²) in [6.07, 6.45) is 1.47. The van der Waals surface area contributed by atoms with Crippen LogP contribution in [-0.4, -0.2) is 18.0 Å². The van der Waals surface area contributed by atoms with E-state index in [0.29, 0.717) is 14.9 Å². The quantitative estimate of drug-likeness (QED) is 0.357. The van der Waals surface area contributed by atoms with Crippen LogP contribution in [0.2, 0.25) is 0 Å². The third-order valence-corrected chi connectivity index (χ3v) is 3.31. The topological polar surface area (TPSA) is 82.6 Å². The third-order valence-electron chi connectivity index (χ3n) is 2.46. The number of nitrogens with zero attached hydrogens (tertiary/aromatic N) is 1. The van der Waals surface area contributed by atoms with Crippen LogP contribution in [0.1, 0.15) is 10.4 Å². The second kappa shape index (κ2) is 5.39. The van der Waals surface area contributed by atoms with E-state index in [1.165, 1.54) is 25.5 Å². The summed E-state index contributed by atoms with van der Waals surface area (Å²) in [6, 6.07) is 5.92. The lowest BCUT2D eigenvalue weighted by Gasteiger charge is -2.08. The van der Waals surface area contributed by atoms with E-state index >= 15 is 0 Å². The number of nitro benzene ring substituents is 1. The number of rotatable bonds is 3. The maximum Gasteiger partial charge on any atom is 0.338 e. The zero-order valence-electron chi connectivity index (χ0n) is 9.75. The molecule has 0 atom stereocenters. The molecule has 0 saturated heterocycles. The van der Waals surface area contributed by atoms with Gasteiger partial charge in [-0.2, -0.15) is 0 Å². The Kier molecular flexibility index (Phi) is 3.84. The highest BCUT2D eigenvalue weighted by atomic mass is 127. The number of hydrogen-bond acceptors (Lipinski definition) is 5. The van der Waals surface area contributed by atoms with Crippen LogP contribution < -0.4 is 0 Å². The van der Waals surface area contributed by atoms with E-state index in [1.807, 2.05) is 22.6 Å². The van der Waals surface area contributed by atoms with Crippen molar-refractivity contribution < 1.29 is 18.9 Å². The molecule has 1 aromatic carbocycles. The van der Waals surface area contributed by atoms with Gasteiger partial charge in [0.1, 0.15) is 5.76 Å². The molecular formula is C12H8INO5. The molecule has 0 N–H and O–H groups in total. The molecule has 0 aliphatic carbocycles. The number of benzene rings is 1. The van der Waals surface area contributed by atoms with Gasteiger partial charge in [0.15, 0.2) is 0 Å². The Morgan fingerprint density at radius 1 is 1.47 bits per heavy atom.